The molecular weight excluding hydrogens is 478 g/mol. The molecule has 0 atom stereocenters. The molecule has 0 amide bonds. The van der Waals surface area contributed by atoms with Crippen LogP contribution in [0.3, 0.4) is 0 Å². The zero-order valence-electron chi connectivity index (χ0n) is 21.8. The fourth-order valence-electron chi connectivity index (χ4n) is 5.69. The Morgan fingerprint density at radius 3 is 2.55 bits per heavy atom. The first kappa shape index (κ1) is 24.6. The molecule has 0 unspecified atom stereocenters. The zero-order valence-corrected chi connectivity index (χ0v) is 21.8. The molecule has 0 saturated heterocycles. The summed E-state index contributed by atoms with van der Waals surface area (Å²) in [6, 6.07) is 12.7. The molecule has 0 bridgehead atoms. The van der Waals surface area contributed by atoms with Crippen molar-refractivity contribution in [2.75, 3.05) is 17.7 Å². The zero-order chi connectivity index (χ0) is 25.9. The van der Waals surface area contributed by atoms with Crippen molar-refractivity contribution >= 4 is 22.9 Å². The van der Waals surface area contributed by atoms with Gasteiger partial charge in [-0.1, -0.05) is 31.0 Å². The number of hydrogen-bond donors (Lipinski definition) is 3. The third kappa shape index (κ3) is 5.15. The summed E-state index contributed by atoms with van der Waals surface area (Å²) in [4.78, 5) is 19.2. The maximum absolute atomic E-state index is 9.90. The molecule has 0 spiro atoms. The van der Waals surface area contributed by atoms with Gasteiger partial charge in [-0.05, 0) is 62.3 Å². The first-order valence-corrected chi connectivity index (χ1v) is 13.7. The largest absolute Gasteiger partial charge is 0.496 e. The van der Waals surface area contributed by atoms with Crippen molar-refractivity contribution in [3.05, 3.63) is 54.5 Å². The van der Waals surface area contributed by atoms with Crippen LogP contribution in [0.15, 0.2) is 48.9 Å². The maximum Gasteiger partial charge on any atom is 0.227 e. The number of aliphatic hydroxyl groups excluding tert-OH is 1. The number of ether oxygens (including phenoxy) is 1. The lowest BCUT2D eigenvalue weighted by atomic mass is 9.93. The molecule has 0 radical (unpaired) electrons. The Hall–Kier alpha value is -3.72. The minimum absolute atomic E-state index is 0.194. The predicted molar refractivity (Wildman–Crippen MR) is 148 cm³/mol. The van der Waals surface area contributed by atoms with Gasteiger partial charge >= 0.3 is 0 Å². The Morgan fingerprint density at radius 2 is 1.79 bits per heavy atom. The molecule has 3 aromatic heterocycles. The summed E-state index contributed by atoms with van der Waals surface area (Å²) in [7, 11) is 1.67. The van der Waals surface area contributed by atoms with Crippen LogP contribution in [-0.4, -0.2) is 48.9 Å². The third-order valence-corrected chi connectivity index (χ3v) is 7.84. The van der Waals surface area contributed by atoms with Crippen LogP contribution in [0.2, 0.25) is 0 Å². The number of nitrogens with one attached hydrogen (secondary N) is 2. The van der Waals surface area contributed by atoms with Gasteiger partial charge in [0.15, 0.2) is 17.0 Å². The van der Waals surface area contributed by atoms with Gasteiger partial charge in [0.2, 0.25) is 5.95 Å². The van der Waals surface area contributed by atoms with Crippen LogP contribution in [0.5, 0.6) is 5.75 Å². The summed E-state index contributed by atoms with van der Waals surface area (Å²) >= 11 is 0. The van der Waals surface area contributed by atoms with E-state index in [1.165, 1.54) is 12.8 Å². The molecule has 2 aliphatic carbocycles. The molecule has 198 valence electrons. The van der Waals surface area contributed by atoms with Crippen molar-refractivity contribution in [3.63, 3.8) is 0 Å². The quantitative estimate of drug-likeness (QED) is 0.290. The topological polar surface area (TPSA) is 110 Å². The summed E-state index contributed by atoms with van der Waals surface area (Å²) in [6.07, 6.45) is 11.9. The molecule has 3 heterocycles. The summed E-state index contributed by atoms with van der Waals surface area (Å²) in [6.45, 7) is 0.566. The summed E-state index contributed by atoms with van der Waals surface area (Å²) < 4.78 is 7.72. The van der Waals surface area contributed by atoms with Crippen molar-refractivity contribution in [3.8, 4) is 17.0 Å². The summed E-state index contributed by atoms with van der Waals surface area (Å²) in [5.74, 6) is 2.14. The second-order valence-electron chi connectivity index (χ2n) is 10.4. The van der Waals surface area contributed by atoms with E-state index in [0.29, 0.717) is 18.5 Å². The van der Waals surface area contributed by atoms with E-state index in [0.717, 1.165) is 78.1 Å². The van der Waals surface area contributed by atoms with Crippen molar-refractivity contribution < 1.29 is 9.84 Å². The van der Waals surface area contributed by atoms with Gasteiger partial charge in [-0.25, -0.2) is 4.98 Å². The van der Waals surface area contributed by atoms with Gasteiger partial charge in [0.25, 0.3) is 0 Å². The highest BCUT2D eigenvalue weighted by Crippen LogP contribution is 2.34. The molecule has 2 aliphatic rings. The fraction of sp³-hybridized carbons (Fsp3) is 0.448. The minimum Gasteiger partial charge on any atom is -0.496 e. The Bertz CT molecular complexity index is 1370. The van der Waals surface area contributed by atoms with Crippen LogP contribution in [-0.2, 0) is 6.54 Å². The lowest BCUT2D eigenvalue weighted by Gasteiger charge is -2.26. The number of benzene rings is 1. The highest BCUT2D eigenvalue weighted by Gasteiger charge is 2.24. The van der Waals surface area contributed by atoms with Gasteiger partial charge in [0.05, 0.1) is 25.2 Å². The first-order valence-electron chi connectivity index (χ1n) is 13.7. The number of methoxy groups -OCH3 is 1. The number of nitrogens with zero attached hydrogens (tertiary/aromatic N) is 5. The van der Waals surface area contributed by atoms with E-state index in [4.69, 9.17) is 19.7 Å². The van der Waals surface area contributed by atoms with Crippen LogP contribution < -0.4 is 15.4 Å². The van der Waals surface area contributed by atoms with E-state index in [2.05, 4.69) is 26.3 Å². The van der Waals surface area contributed by atoms with E-state index in [9.17, 15) is 5.11 Å². The number of aliphatic hydroxyl groups is 1. The van der Waals surface area contributed by atoms with Gasteiger partial charge in [-0.2, -0.15) is 9.97 Å². The number of aromatic nitrogens is 5. The molecule has 9 nitrogen and oxygen atoms in total. The molecule has 2 saturated carbocycles. The van der Waals surface area contributed by atoms with Crippen LogP contribution in [0.1, 0.15) is 63.0 Å². The van der Waals surface area contributed by atoms with Crippen molar-refractivity contribution in [1.82, 2.24) is 24.5 Å². The molecule has 1 aromatic carbocycles. The van der Waals surface area contributed by atoms with Crippen molar-refractivity contribution in [2.24, 2.45) is 0 Å². The smallest absolute Gasteiger partial charge is 0.227 e. The second-order valence-corrected chi connectivity index (χ2v) is 10.4. The van der Waals surface area contributed by atoms with Gasteiger partial charge in [0.1, 0.15) is 5.75 Å². The predicted octanol–water partition coefficient (Wildman–Crippen LogP) is 5.34. The standard InChI is InChI=1S/C29H35N7O2/c1-38-25-9-5-4-8-23(25)24-15-10-19(16-30-24)17-31-27-26-28(36(18-32-26)21-6-2-3-7-21)35-29(34-27)33-20-11-13-22(37)14-12-20/h4-5,8-10,15-16,18,20-22,37H,2-3,6-7,11-14,17H2,1H3,(H2,31,33,34,35). The van der Waals surface area contributed by atoms with Crippen LogP contribution in [0.4, 0.5) is 11.8 Å². The number of fused-ring (bicyclic) bond motifs is 1. The fourth-order valence-corrected chi connectivity index (χ4v) is 5.69. The maximum atomic E-state index is 9.90. The van der Waals surface area contributed by atoms with Crippen LogP contribution in [0, 0.1) is 0 Å². The Labute approximate surface area is 222 Å². The van der Waals surface area contributed by atoms with E-state index >= 15 is 0 Å². The Balaban J connectivity index is 1.24. The van der Waals surface area contributed by atoms with E-state index in [1.54, 1.807) is 7.11 Å². The number of imidazole rings is 1. The SMILES string of the molecule is COc1ccccc1-c1ccc(CNc2nc(NC3CCC(O)CC3)nc3c2ncn3C2CCCC2)cn1. The molecule has 0 aliphatic heterocycles. The number of hydrogen-bond acceptors (Lipinski definition) is 8. The number of anilines is 2. The number of rotatable bonds is 8. The summed E-state index contributed by atoms with van der Waals surface area (Å²) in [5, 5.41) is 16.9. The van der Waals surface area contributed by atoms with Gasteiger partial charge in [0, 0.05) is 30.4 Å². The third-order valence-electron chi connectivity index (χ3n) is 7.84. The highest BCUT2D eigenvalue weighted by atomic mass is 16.5. The highest BCUT2D eigenvalue weighted by molar-refractivity contribution is 5.84. The molecule has 4 aromatic rings. The lowest BCUT2D eigenvalue weighted by Crippen LogP contribution is -2.29. The van der Waals surface area contributed by atoms with Crippen molar-refractivity contribution in [1.29, 1.82) is 0 Å². The lowest BCUT2D eigenvalue weighted by molar-refractivity contribution is 0.126. The first-order chi connectivity index (χ1) is 18.7. The van der Waals surface area contributed by atoms with Crippen LogP contribution in [0.25, 0.3) is 22.4 Å². The molecule has 2 fully saturated rings. The monoisotopic (exact) mass is 513 g/mol. The molecular formula is C29H35N7O2. The molecule has 38 heavy (non-hydrogen) atoms. The van der Waals surface area contributed by atoms with Crippen LogP contribution >= 0.6 is 0 Å². The Morgan fingerprint density at radius 1 is 0.974 bits per heavy atom. The average Bonchev–Trinajstić information content (AvgIpc) is 3.64. The van der Waals surface area contributed by atoms with Gasteiger partial charge < -0.3 is 25.0 Å². The minimum atomic E-state index is -0.194. The number of pyridine rings is 1. The molecule has 6 rings (SSSR count). The average molecular weight is 514 g/mol. The Kier molecular flexibility index (Phi) is 7.09. The molecule has 9 heteroatoms. The van der Waals surface area contributed by atoms with E-state index in [1.807, 2.05) is 42.9 Å². The van der Waals surface area contributed by atoms with E-state index in [-0.39, 0.29) is 12.1 Å². The van der Waals surface area contributed by atoms with Gasteiger partial charge in [-0.15, -0.1) is 0 Å². The second kappa shape index (κ2) is 10.9. The summed E-state index contributed by atoms with van der Waals surface area (Å²) in [5.41, 5.74) is 4.55. The van der Waals surface area contributed by atoms with E-state index < -0.39 is 0 Å². The van der Waals surface area contributed by atoms with Gasteiger partial charge in [-0.3, -0.25) is 4.98 Å². The molecule has 3 N–H and O–H groups in total. The van der Waals surface area contributed by atoms with Crippen molar-refractivity contribution in [2.45, 2.75) is 76.1 Å². The normalized spacial score (nSPS) is 20.1. The number of para-hydroxylation sites is 1.